The summed E-state index contributed by atoms with van der Waals surface area (Å²) < 4.78 is 0. The van der Waals surface area contributed by atoms with Gasteiger partial charge in [-0.25, -0.2) is 4.79 Å². The first-order valence-corrected chi connectivity index (χ1v) is 2.98. The molecule has 0 aliphatic carbocycles. The SMILES string of the molecule is CNC(=O)NC(=O)C=CC(=O)[O-].[K+]. The second kappa shape index (κ2) is 8.39. The third kappa shape index (κ3) is 9.70. The van der Waals surface area contributed by atoms with Gasteiger partial charge in [0.2, 0.25) is 0 Å². The molecule has 13 heavy (non-hydrogen) atoms. The average molecular weight is 210 g/mol. The number of hydrogen-bond acceptors (Lipinski definition) is 4. The van der Waals surface area contributed by atoms with Crippen LogP contribution in [0.2, 0.25) is 0 Å². The molecule has 0 radical (unpaired) electrons. The van der Waals surface area contributed by atoms with E-state index in [1.54, 1.807) is 0 Å². The smallest absolute Gasteiger partial charge is 0.545 e. The molecule has 7 heteroatoms. The standard InChI is InChI=1S/C6H8N2O4.K/c1-7-6(12)8-4(9)2-3-5(10)11;/h2-3H,1H3,(H,10,11)(H2,7,8,9,12);/q;+1/p-1. The number of amides is 3. The summed E-state index contributed by atoms with van der Waals surface area (Å²) in [5.41, 5.74) is 0. The zero-order chi connectivity index (χ0) is 9.56. The summed E-state index contributed by atoms with van der Waals surface area (Å²) in [6.07, 6.45) is 1.21. The van der Waals surface area contributed by atoms with Gasteiger partial charge in [-0.15, -0.1) is 0 Å². The van der Waals surface area contributed by atoms with E-state index in [1.165, 1.54) is 7.05 Å². The summed E-state index contributed by atoms with van der Waals surface area (Å²) in [6.45, 7) is 0. The topological polar surface area (TPSA) is 98.3 Å². The van der Waals surface area contributed by atoms with Crippen LogP contribution in [0.4, 0.5) is 4.79 Å². The Labute approximate surface area is 117 Å². The maximum Gasteiger partial charge on any atom is 1.00 e. The van der Waals surface area contributed by atoms with Crippen molar-refractivity contribution in [3.63, 3.8) is 0 Å². The molecular formula is C6H7KN2O4. The Morgan fingerprint density at radius 3 is 2.15 bits per heavy atom. The fraction of sp³-hybridized carbons (Fsp3) is 0.167. The van der Waals surface area contributed by atoms with E-state index in [0.717, 1.165) is 0 Å². The number of carbonyl (C=O) groups excluding carboxylic acids is 3. The van der Waals surface area contributed by atoms with Gasteiger partial charge < -0.3 is 15.2 Å². The summed E-state index contributed by atoms with van der Waals surface area (Å²) in [4.78, 5) is 30.8. The monoisotopic (exact) mass is 210 g/mol. The molecule has 0 bridgehead atoms. The van der Waals surface area contributed by atoms with Crippen LogP contribution in [0.25, 0.3) is 0 Å². The molecule has 0 fully saturated rings. The Bertz CT molecular complexity index is 239. The van der Waals surface area contributed by atoms with Crippen LogP contribution in [0, 0.1) is 0 Å². The molecule has 2 N–H and O–H groups in total. The number of rotatable bonds is 2. The van der Waals surface area contributed by atoms with E-state index in [4.69, 9.17) is 0 Å². The number of nitrogens with one attached hydrogen (secondary N) is 2. The predicted octanol–water partition coefficient (Wildman–Crippen LogP) is -5.25. The van der Waals surface area contributed by atoms with Crippen molar-refractivity contribution in [2.45, 2.75) is 0 Å². The minimum atomic E-state index is -1.50. The van der Waals surface area contributed by atoms with Crippen LogP contribution in [0.1, 0.15) is 0 Å². The minimum Gasteiger partial charge on any atom is -0.545 e. The van der Waals surface area contributed by atoms with Crippen molar-refractivity contribution in [3.8, 4) is 0 Å². The van der Waals surface area contributed by atoms with Gasteiger partial charge in [0.25, 0.3) is 5.91 Å². The molecule has 0 atom stereocenters. The average Bonchev–Trinajstić information content (AvgIpc) is 2.00. The van der Waals surface area contributed by atoms with Gasteiger partial charge in [0.05, 0.1) is 5.97 Å². The van der Waals surface area contributed by atoms with Crippen LogP contribution < -0.4 is 67.1 Å². The van der Waals surface area contributed by atoms with Crippen LogP contribution in [-0.2, 0) is 9.59 Å². The maximum atomic E-state index is 10.6. The van der Waals surface area contributed by atoms with Gasteiger partial charge in [-0.05, 0) is 6.08 Å². The molecule has 0 spiro atoms. The molecule has 0 aromatic rings. The van der Waals surface area contributed by atoms with Crippen molar-refractivity contribution in [1.29, 1.82) is 0 Å². The normalized spacial score (nSPS) is 8.69. The number of hydrogen-bond donors (Lipinski definition) is 2. The van der Waals surface area contributed by atoms with Gasteiger partial charge in [0.15, 0.2) is 0 Å². The first kappa shape index (κ1) is 15.3. The zero-order valence-electron chi connectivity index (χ0n) is 7.29. The molecule has 0 aliphatic rings. The van der Waals surface area contributed by atoms with Crippen molar-refractivity contribution in [2.24, 2.45) is 0 Å². The molecule has 0 aromatic carbocycles. The molecule has 3 amide bonds. The Kier molecular flexibility index (Phi) is 9.85. The maximum absolute atomic E-state index is 10.6. The van der Waals surface area contributed by atoms with E-state index < -0.39 is 17.9 Å². The van der Waals surface area contributed by atoms with Gasteiger partial charge >= 0.3 is 57.4 Å². The third-order valence-corrected chi connectivity index (χ3v) is 0.835. The number of carboxylic acids is 1. The van der Waals surface area contributed by atoms with Gasteiger partial charge in [0.1, 0.15) is 0 Å². The molecule has 6 nitrogen and oxygen atoms in total. The fourth-order valence-corrected chi connectivity index (χ4v) is 0.360. The van der Waals surface area contributed by atoms with Crippen molar-refractivity contribution >= 4 is 17.9 Å². The molecule has 0 rings (SSSR count). The summed E-state index contributed by atoms with van der Waals surface area (Å²) in [5, 5.41) is 13.7. The molecule has 0 unspecified atom stereocenters. The minimum absolute atomic E-state index is 0. The Morgan fingerprint density at radius 1 is 1.23 bits per heavy atom. The molecule has 0 saturated heterocycles. The number of aliphatic carboxylic acids is 1. The van der Waals surface area contributed by atoms with Crippen molar-refractivity contribution in [3.05, 3.63) is 12.2 Å². The fourth-order valence-electron chi connectivity index (χ4n) is 0.360. The third-order valence-electron chi connectivity index (χ3n) is 0.835. The summed E-state index contributed by atoms with van der Waals surface area (Å²) >= 11 is 0. The van der Waals surface area contributed by atoms with Gasteiger partial charge in [-0.2, -0.15) is 0 Å². The molecular weight excluding hydrogens is 203 g/mol. The van der Waals surface area contributed by atoms with E-state index in [2.05, 4.69) is 5.32 Å². The first-order valence-electron chi connectivity index (χ1n) is 2.98. The quantitative estimate of drug-likeness (QED) is 0.351. The Hall–Kier alpha value is -0.214. The Morgan fingerprint density at radius 2 is 1.77 bits per heavy atom. The molecule has 0 aromatic heterocycles. The second-order valence-corrected chi connectivity index (χ2v) is 1.72. The van der Waals surface area contributed by atoms with Crippen LogP contribution in [-0.4, -0.2) is 25.0 Å². The Balaban J connectivity index is 0. The molecule has 0 saturated carbocycles. The van der Waals surface area contributed by atoms with Crippen LogP contribution in [0.3, 0.4) is 0 Å². The number of urea groups is 1. The first-order chi connectivity index (χ1) is 5.56. The number of carboxylic acid groups (broad SMARTS) is 1. The molecule has 0 heterocycles. The van der Waals surface area contributed by atoms with Crippen LogP contribution in [0.5, 0.6) is 0 Å². The van der Waals surface area contributed by atoms with Crippen molar-refractivity contribution in [1.82, 2.24) is 10.6 Å². The van der Waals surface area contributed by atoms with Crippen molar-refractivity contribution in [2.75, 3.05) is 7.05 Å². The second-order valence-electron chi connectivity index (χ2n) is 1.72. The van der Waals surface area contributed by atoms with E-state index in [-0.39, 0.29) is 51.4 Å². The summed E-state index contributed by atoms with van der Waals surface area (Å²) in [6, 6.07) is -0.706. The van der Waals surface area contributed by atoms with Gasteiger partial charge in [-0.1, -0.05) is 0 Å². The van der Waals surface area contributed by atoms with Gasteiger partial charge in [0, 0.05) is 13.1 Å². The van der Waals surface area contributed by atoms with Crippen molar-refractivity contribution < 1.29 is 70.9 Å². The number of imide groups is 1. The molecule has 0 aliphatic heterocycles. The van der Waals surface area contributed by atoms with E-state index >= 15 is 0 Å². The van der Waals surface area contributed by atoms with Gasteiger partial charge in [-0.3, -0.25) is 10.1 Å². The predicted molar refractivity (Wildman–Crippen MR) is 36.7 cm³/mol. The van der Waals surface area contributed by atoms with E-state index in [1.807, 2.05) is 5.32 Å². The van der Waals surface area contributed by atoms with E-state index in [0.29, 0.717) is 12.2 Å². The van der Waals surface area contributed by atoms with Crippen LogP contribution in [0.15, 0.2) is 12.2 Å². The molecule has 66 valence electrons. The zero-order valence-corrected chi connectivity index (χ0v) is 10.4. The summed E-state index contributed by atoms with van der Waals surface area (Å²) in [5.74, 6) is -2.32. The number of carbonyl (C=O) groups is 3. The largest absolute Gasteiger partial charge is 1.00 e. The van der Waals surface area contributed by atoms with Crippen LogP contribution >= 0.6 is 0 Å². The van der Waals surface area contributed by atoms with E-state index in [9.17, 15) is 19.5 Å². The summed E-state index contributed by atoms with van der Waals surface area (Å²) in [7, 11) is 1.32.